The predicted molar refractivity (Wildman–Crippen MR) is 481 cm³/mol. The summed E-state index contributed by atoms with van der Waals surface area (Å²) in [6.45, 7) is 12.7. The average Bonchev–Trinajstić information content (AvgIpc) is 1.63. The number of nitro groups is 4. The number of nitrogens with one attached hydrogen (secondary N) is 2. The van der Waals surface area contributed by atoms with Gasteiger partial charge in [0.25, 0.3) is 28.7 Å². The summed E-state index contributed by atoms with van der Waals surface area (Å²) in [7, 11) is 0. The first-order chi connectivity index (χ1) is 59.7. The van der Waals surface area contributed by atoms with E-state index in [-0.39, 0.29) is 50.0 Å². The van der Waals surface area contributed by atoms with Crippen LogP contribution in [0.5, 0.6) is 0 Å². The van der Waals surface area contributed by atoms with Crippen LogP contribution in [-0.4, -0.2) is 108 Å². The number of halogens is 1. The van der Waals surface area contributed by atoms with Gasteiger partial charge >= 0.3 is 11.9 Å². The van der Waals surface area contributed by atoms with Crippen molar-refractivity contribution in [2.75, 3.05) is 22.1 Å². The van der Waals surface area contributed by atoms with Gasteiger partial charge < -0.3 is 32.3 Å². The summed E-state index contributed by atoms with van der Waals surface area (Å²) in [5, 5.41) is 94.1. The highest BCUT2D eigenvalue weighted by Gasteiger charge is 2.23. The van der Waals surface area contributed by atoms with Crippen molar-refractivity contribution in [2.45, 2.75) is 59.9 Å². The Labute approximate surface area is 732 Å². The van der Waals surface area contributed by atoms with E-state index in [9.17, 15) is 65.4 Å². The molecule has 1 unspecified atom stereocenters. The van der Waals surface area contributed by atoms with Crippen LogP contribution in [-0.2, 0) is 5.41 Å². The van der Waals surface area contributed by atoms with Gasteiger partial charge in [-0.3, -0.25) is 70.2 Å². The number of aromatic nitrogens is 10. The Morgan fingerprint density at radius 3 is 1.34 bits per heavy atom. The number of carboxylic acid groups (broad SMARTS) is 2. The van der Waals surface area contributed by atoms with E-state index >= 15 is 0 Å². The van der Waals surface area contributed by atoms with Crippen molar-refractivity contribution in [2.24, 2.45) is 9.98 Å². The minimum Gasteiger partial charge on any atom is -0.478 e. The van der Waals surface area contributed by atoms with Crippen molar-refractivity contribution in [3.8, 4) is 18.2 Å². The van der Waals surface area contributed by atoms with Crippen LogP contribution in [0.3, 0.4) is 0 Å². The summed E-state index contributed by atoms with van der Waals surface area (Å²) in [5.41, 5.74) is 22.6. The molecule has 36 nitrogen and oxygen atoms in total. The Morgan fingerprint density at radius 2 is 0.872 bits per heavy atom. The van der Waals surface area contributed by atoms with E-state index in [2.05, 4.69) is 82.6 Å². The van der Waals surface area contributed by atoms with E-state index in [0.29, 0.717) is 74.1 Å². The first-order valence-corrected chi connectivity index (χ1v) is 40.5. The number of nitrogens with two attached hydrogens (primary N) is 2. The molecule has 0 aliphatic heterocycles. The number of anilines is 4. The molecule has 0 spiro atoms. The Kier molecular flexibility index (Phi) is 30.6. The number of aromatic carboxylic acids is 2. The molecular weight excluding hydrogens is 1720 g/mol. The number of nitro benzene ring substituents is 4. The van der Waals surface area contributed by atoms with Gasteiger partial charge in [0.2, 0.25) is 0 Å². The number of carboxylic acids is 2. The number of carbonyl (C=O) groups is 3. The largest absolute Gasteiger partial charge is 0.478 e. The molecule has 0 saturated carbocycles. The third-order valence-corrected chi connectivity index (χ3v) is 22.9. The van der Waals surface area contributed by atoms with E-state index in [0.717, 1.165) is 76.0 Å². The monoisotopic (exact) mass is 1790 g/mol. The molecule has 10 heterocycles. The number of nitrogens with zero attached hydrogens (tertiary/aromatic N) is 19. The van der Waals surface area contributed by atoms with Crippen LogP contribution in [0, 0.1) is 109 Å². The van der Waals surface area contributed by atoms with Gasteiger partial charge in [-0.05, 0) is 136 Å². The lowest BCUT2D eigenvalue weighted by Gasteiger charge is -2.15. The van der Waals surface area contributed by atoms with E-state index < -0.39 is 43.1 Å². The number of hydrogen-bond acceptors (Lipinski definition) is 34. The second-order valence-corrected chi connectivity index (χ2v) is 32.0. The fourth-order valence-electron chi connectivity index (χ4n) is 10.5. The van der Waals surface area contributed by atoms with E-state index in [1.54, 1.807) is 151 Å². The third kappa shape index (κ3) is 24.4. The fourth-order valence-corrected chi connectivity index (χ4v) is 15.1. The zero-order valence-corrected chi connectivity index (χ0v) is 71.0. The molecule has 125 heavy (non-hydrogen) atoms. The molecule has 16 rings (SSSR count). The molecular formula is C83H64ClN23O13S5. The number of carbonyl (C=O) groups excluding carboxylic acids is 1. The molecule has 0 saturated heterocycles. The van der Waals surface area contributed by atoms with Gasteiger partial charge in [-0.15, -0.1) is 56.7 Å². The van der Waals surface area contributed by atoms with Gasteiger partial charge in [0.15, 0.2) is 5.71 Å². The molecule has 16 aromatic rings. The van der Waals surface area contributed by atoms with Crippen molar-refractivity contribution in [1.29, 1.82) is 15.8 Å². The maximum absolute atomic E-state index is 12.3. The van der Waals surface area contributed by atoms with Crippen molar-refractivity contribution < 1.29 is 44.3 Å². The highest BCUT2D eigenvalue weighted by molar-refractivity contribution is 7.22. The lowest BCUT2D eigenvalue weighted by atomic mass is 9.85. The standard InChI is InChI=1S/C15H9N5O2S.C15H13N5S.C14H9ClN4O2S.C14H10N4O3S.C11H11NO2.C7H4N2O2S.C7H8N2O2/c1-9-2-3-10(20(21)22)6-11(9)19-13(8-16)14-7-12-15(23-14)18-5-4-17-12;1-9-2-3-10(17)6-11(9)20-13(8-16)14-7-12-15(21-14)19-5-4-18-12;1-8-2-3-9(19(20)21)6-10(8)18-13(15)12-7-11-14(22-12)17-5-4-16-11;1-8-2-3-9(18(20)21)6-10(8)17-13(19)12-7-11-14(22-12)16-5-4-15-11;1-11(2,7-12)9-5-3-4-8(6-9)10(13)14;10-7(11)5-3-4-6(12-5)9-2-1-8-4;1-5-2-3-6(9(10)11)4-7(5)8/h2-7H,1H3;2-7,13,20H,17H2,1H3;2-7H,1H3;2-7H,1H3,(H,17,19);3-6H,1-2H3,(H,13,14);1-3H,(H,10,11);2-4H,8H2,1H3. The minimum absolute atomic E-state index is 0.0199. The number of non-ortho nitro benzene ring substituents is 4. The lowest BCUT2D eigenvalue weighted by molar-refractivity contribution is -0.385. The number of hydrogen-bond donors (Lipinski definition) is 6. The Hall–Kier alpha value is -16.0. The van der Waals surface area contributed by atoms with E-state index in [1.807, 2.05) is 44.2 Å². The number of thiophene rings is 5. The molecule has 0 fully saturated rings. The lowest BCUT2D eigenvalue weighted by Crippen LogP contribution is -2.14. The third-order valence-electron chi connectivity index (χ3n) is 17.3. The van der Waals surface area contributed by atoms with Crippen LogP contribution < -0.4 is 22.1 Å². The fraction of sp³-hybridized carbons (Fsp3) is 0.108. The number of nitrogen functional groups attached to an aromatic ring is 2. The van der Waals surface area contributed by atoms with Crippen LogP contribution >= 0.6 is 68.3 Å². The highest BCUT2D eigenvalue weighted by Crippen LogP contribution is 2.35. The molecule has 0 aliphatic rings. The smallest absolute Gasteiger partial charge is 0.346 e. The molecule has 6 aromatic carbocycles. The van der Waals surface area contributed by atoms with Crippen molar-refractivity contribution in [3.05, 3.63) is 311 Å². The summed E-state index contributed by atoms with van der Waals surface area (Å²) in [5.74, 6) is -2.24. The number of nitriles is 3. The molecule has 1 atom stereocenters. The first kappa shape index (κ1) is 91.3. The predicted octanol–water partition coefficient (Wildman–Crippen LogP) is 19.3. The topological polar surface area (TPSA) is 565 Å². The molecule has 10 aromatic heterocycles. The van der Waals surface area contributed by atoms with Crippen molar-refractivity contribution >= 4 is 206 Å². The Morgan fingerprint density at radius 1 is 0.464 bits per heavy atom. The normalized spacial score (nSPS) is 11.1. The Bertz CT molecular complexity index is 6850. The molecule has 0 radical (unpaired) electrons. The van der Waals surface area contributed by atoms with E-state index in [1.165, 1.54) is 112 Å². The number of aryl methyl sites for hydroxylation is 5. The molecule has 1 amide bonds. The van der Waals surface area contributed by atoms with Crippen molar-refractivity contribution in [1.82, 2.24) is 49.8 Å². The second-order valence-electron chi connectivity index (χ2n) is 26.5. The minimum atomic E-state index is -0.972. The number of benzene rings is 6. The first-order valence-electron chi connectivity index (χ1n) is 36.0. The zero-order chi connectivity index (χ0) is 90.3. The maximum atomic E-state index is 12.3. The highest BCUT2D eigenvalue weighted by atomic mass is 35.5. The van der Waals surface area contributed by atoms with Gasteiger partial charge in [-0.25, -0.2) is 44.5 Å². The number of rotatable bonds is 16. The zero-order valence-electron chi connectivity index (χ0n) is 66.2. The number of fused-ring (bicyclic) bond motifs is 5. The van der Waals surface area contributed by atoms with Gasteiger partial charge in [0, 0.05) is 132 Å². The number of amides is 1. The quantitative estimate of drug-likeness (QED) is 0.0226. The molecule has 8 N–H and O–H groups in total. The van der Waals surface area contributed by atoms with Crippen LogP contribution in [0.15, 0.2) is 218 Å². The van der Waals surface area contributed by atoms with Crippen LogP contribution in [0.2, 0.25) is 0 Å². The van der Waals surface area contributed by atoms with Crippen molar-refractivity contribution in [3.63, 3.8) is 0 Å². The molecule has 626 valence electrons. The van der Waals surface area contributed by atoms with Crippen LogP contribution in [0.1, 0.15) is 97.6 Å². The summed E-state index contributed by atoms with van der Waals surface area (Å²) in [4.78, 5) is 131. The molecule has 42 heteroatoms. The molecule has 0 bridgehead atoms. The maximum Gasteiger partial charge on any atom is 0.346 e. The van der Waals surface area contributed by atoms with Crippen LogP contribution in [0.25, 0.3) is 51.7 Å². The summed E-state index contributed by atoms with van der Waals surface area (Å²) >= 11 is 12.7. The summed E-state index contributed by atoms with van der Waals surface area (Å²) < 4.78 is 0. The Balaban J connectivity index is 0.000000155. The van der Waals surface area contributed by atoms with Gasteiger partial charge in [0.05, 0.1) is 74.5 Å². The number of aliphatic imine (C=N–C) groups is 2. The van der Waals surface area contributed by atoms with E-state index in [4.69, 9.17) is 38.5 Å². The second kappa shape index (κ2) is 41.8. The SMILES string of the molecule is CC(C)(C#N)c1cccc(C(=O)O)c1.Cc1ccc(N)cc1NC(C#N)c1cc2nccnc2s1.Cc1ccc([N+](=O)[O-])cc1N.Cc1ccc([N+](=O)[O-])cc1N=C(C#N)c1cc2nccnc2s1.Cc1ccc([N+](=O)[O-])cc1N=C(Cl)c1cc2nccnc2s1.Cc1ccc([N+](=O)[O-])cc1NC(=O)c1cc2nccnc2s1.O=C(O)c1cc2nccnc2s1. The summed E-state index contributed by atoms with van der Waals surface area (Å²) in [6.07, 6.45) is 15.9. The van der Waals surface area contributed by atoms with Crippen LogP contribution in [0.4, 0.5) is 56.9 Å². The molecule has 0 aliphatic carbocycles. The van der Waals surface area contributed by atoms with Gasteiger partial charge in [-0.1, -0.05) is 54.1 Å². The van der Waals surface area contributed by atoms with Gasteiger partial charge in [-0.2, -0.15) is 15.8 Å². The summed E-state index contributed by atoms with van der Waals surface area (Å²) in [6, 6.07) is 44.3. The van der Waals surface area contributed by atoms with Gasteiger partial charge in [0.1, 0.15) is 73.9 Å². The average molecular weight is 1790 g/mol.